The largest absolute Gasteiger partial charge is 0.483 e. The van der Waals surface area contributed by atoms with Gasteiger partial charge in [-0.1, -0.05) is 24.3 Å². The van der Waals surface area contributed by atoms with E-state index in [0.717, 1.165) is 5.56 Å². The fourth-order valence-electron chi connectivity index (χ4n) is 2.93. The molecule has 0 bridgehead atoms. The normalized spacial score (nSPS) is 13.8. The Morgan fingerprint density at radius 3 is 2.68 bits per heavy atom. The zero-order chi connectivity index (χ0) is 19.8. The second-order valence-electron chi connectivity index (χ2n) is 6.37. The van der Waals surface area contributed by atoms with Crippen molar-refractivity contribution in [2.75, 3.05) is 45.3 Å². The van der Waals surface area contributed by atoms with Crippen LogP contribution in [0.15, 0.2) is 48.5 Å². The van der Waals surface area contributed by atoms with Crippen LogP contribution >= 0.6 is 0 Å². The Bertz CT molecular complexity index is 818. The van der Waals surface area contributed by atoms with Crippen LogP contribution in [0.5, 0.6) is 5.75 Å². The molecule has 0 aromatic heterocycles. The monoisotopic (exact) mass is 384 g/mol. The molecule has 28 heavy (non-hydrogen) atoms. The molecule has 0 unspecified atom stereocenters. The number of carbonyl (C=O) groups is 2. The quantitative estimate of drug-likeness (QED) is 0.793. The van der Waals surface area contributed by atoms with Crippen molar-refractivity contribution in [3.63, 3.8) is 0 Å². The lowest BCUT2D eigenvalue weighted by Crippen LogP contribution is -2.43. The maximum atomic E-state index is 12.7. The van der Waals surface area contributed by atoms with E-state index >= 15 is 0 Å². The van der Waals surface area contributed by atoms with Gasteiger partial charge in [0.25, 0.3) is 11.8 Å². The third-order valence-electron chi connectivity index (χ3n) is 4.34. The molecule has 7 heteroatoms. The van der Waals surface area contributed by atoms with Gasteiger partial charge in [-0.3, -0.25) is 9.59 Å². The second-order valence-corrected chi connectivity index (χ2v) is 6.37. The van der Waals surface area contributed by atoms with Gasteiger partial charge in [-0.2, -0.15) is 0 Å². The summed E-state index contributed by atoms with van der Waals surface area (Å²) in [4.78, 5) is 26.7. The smallest absolute Gasteiger partial charge is 0.260 e. The lowest BCUT2D eigenvalue weighted by Gasteiger charge is -2.26. The molecule has 1 heterocycles. The highest BCUT2D eigenvalue weighted by Gasteiger charge is 2.19. The Morgan fingerprint density at radius 2 is 1.89 bits per heavy atom. The molecule has 1 aliphatic heterocycles. The van der Waals surface area contributed by atoms with Gasteiger partial charge in [0.05, 0.1) is 25.4 Å². The summed E-state index contributed by atoms with van der Waals surface area (Å²) in [5.74, 6) is -0.0515. The molecule has 3 rings (SSSR count). The van der Waals surface area contributed by atoms with Crippen LogP contribution in [0, 0.1) is 0 Å². The molecule has 1 saturated heterocycles. The average Bonchev–Trinajstić information content (AvgIpc) is 2.73. The van der Waals surface area contributed by atoms with Crippen molar-refractivity contribution < 1.29 is 23.8 Å². The maximum Gasteiger partial charge on any atom is 0.260 e. The summed E-state index contributed by atoms with van der Waals surface area (Å²) < 4.78 is 16.0. The van der Waals surface area contributed by atoms with E-state index in [1.807, 2.05) is 24.3 Å². The number of carbonyl (C=O) groups excluding carboxylic acids is 2. The Balaban J connectivity index is 1.64. The van der Waals surface area contributed by atoms with Crippen LogP contribution in [0.25, 0.3) is 0 Å². The van der Waals surface area contributed by atoms with E-state index in [-0.39, 0.29) is 18.4 Å². The third kappa shape index (κ3) is 5.31. The fraction of sp³-hybridized carbons (Fsp3) is 0.333. The van der Waals surface area contributed by atoms with E-state index < -0.39 is 0 Å². The number of para-hydroxylation sites is 1. The topological polar surface area (TPSA) is 77.1 Å². The van der Waals surface area contributed by atoms with Gasteiger partial charge < -0.3 is 24.4 Å². The number of benzene rings is 2. The summed E-state index contributed by atoms with van der Waals surface area (Å²) in [5.41, 5.74) is 1.99. The molecule has 2 aromatic carbocycles. The van der Waals surface area contributed by atoms with Gasteiger partial charge in [0.15, 0.2) is 6.61 Å². The van der Waals surface area contributed by atoms with Crippen LogP contribution in [0.1, 0.15) is 15.9 Å². The van der Waals surface area contributed by atoms with Crippen LogP contribution in [0.4, 0.5) is 5.69 Å². The Hall–Kier alpha value is -2.90. The highest BCUT2D eigenvalue weighted by Crippen LogP contribution is 2.20. The predicted octanol–water partition coefficient (Wildman–Crippen LogP) is 2.32. The molecule has 1 fully saturated rings. The highest BCUT2D eigenvalue weighted by molar-refractivity contribution is 6.06. The number of nitrogens with zero attached hydrogens (tertiary/aromatic N) is 1. The number of amides is 2. The van der Waals surface area contributed by atoms with Crippen LogP contribution in [0.2, 0.25) is 0 Å². The lowest BCUT2D eigenvalue weighted by molar-refractivity contribution is -0.137. The third-order valence-corrected chi connectivity index (χ3v) is 4.34. The Kier molecular flexibility index (Phi) is 7.00. The summed E-state index contributed by atoms with van der Waals surface area (Å²) in [6, 6.07) is 14.3. The molecule has 148 valence electrons. The fourth-order valence-corrected chi connectivity index (χ4v) is 2.93. The van der Waals surface area contributed by atoms with Gasteiger partial charge in [-0.05, 0) is 29.8 Å². The first-order valence-corrected chi connectivity index (χ1v) is 9.14. The molecular weight excluding hydrogens is 360 g/mol. The van der Waals surface area contributed by atoms with E-state index in [0.29, 0.717) is 49.9 Å². The van der Waals surface area contributed by atoms with Gasteiger partial charge in [-0.25, -0.2) is 0 Å². The second kappa shape index (κ2) is 9.87. The van der Waals surface area contributed by atoms with E-state index in [9.17, 15) is 9.59 Å². The van der Waals surface area contributed by atoms with Gasteiger partial charge in [0.1, 0.15) is 5.75 Å². The highest BCUT2D eigenvalue weighted by atomic mass is 16.5. The first-order chi connectivity index (χ1) is 13.7. The number of methoxy groups -OCH3 is 1. The number of rotatable bonds is 7. The average molecular weight is 384 g/mol. The van der Waals surface area contributed by atoms with E-state index in [1.54, 1.807) is 36.3 Å². The number of ether oxygens (including phenoxy) is 3. The van der Waals surface area contributed by atoms with Gasteiger partial charge >= 0.3 is 0 Å². The minimum Gasteiger partial charge on any atom is -0.483 e. The first-order valence-electron chi connectivity index (χ1n) is 9.14. The van der Waals surface area contributed by atoms with Crippen LogP contribution in [0.3, 0.4) is 0 Å². The SMILES string of the molecule is COCc1cccc(NC(=O)c2ccccc2OCC(=O)N2CCOCC2)c1. The number of nitrogens with one attached hydrogen (secondary N) is 1. The summed E-state index contributed by atoms with van der Waals surface area (Å²) in [7, 11) is 1.62. The van der Waals surface area contributed by atoms with Crippen molar-refractivity contribution in [2.45, 2.75) is 6.61 Å². The summed E-state index contributed by atoms with van der Waals surface area (Å²) in [5, 5.41) is 2.86. The molecule has 1 N–H and O–H groups in total. The minimum absolute atomic E-state index is 0.117. The molecule has 0 saturated carbocycles. The van der Waals surface area contributed by atoms with Gasteiger partial charge in [-0.15, -0.1) is 0 Å². The molecule has 7 nitrogen and oxygen atoms in total. The molecular formula is C21H24N2O5. The van der Waals surface area contributed by atoms with Crippen molar-refractivity contribution in [2.24, 2.45) is 0 Å². The standard InChI is InChI=1S/C21H24N2O5/c1-26-14-16-5-4-6-17(13-16)22-21(25)18-7-2-3-8-19(18)28-15-20(24)23-9-11-27-12-10-23/h2-8,13H,9-12,14-15H2,1H3,(H,22,25). The molecule has 0 atom stereocenters. The van der Waals surface area contributed by atoms with Crippen molar-refractivity contribution >= 4 is 17.5 Å². The van der Waals surface area contributed by atoms with Gasteiger partial charge in [0, 0.05) is 25.9 Å². The van der Waals surface area contributed by atoms with Crippen molar-refractivity contribution in [1.29, 1.82) is 0 Å². The maximum absolute atomic E-state index is 12.7. The summed E-state index contributed by atoms with van der Waals surface area (Å²) in [6.07, 6.45) is 0. The number of hydrogen-bond donors (Lipinski definition) is 1. The van der Waals surface area contributed by atoms with Crippen molar-refractivity contribution in [3.05, 3.63) is 59.7 Å². The Labute approximate surface area is 164 Å². The van der Waals surface area contributed by atoms with E-state index in [1.165, 1.54) is 0 Å². The van der Waals surface area contributed by atoms with Crippen LogP contribution in [-0.4, -0.2) is 56.7 Å². The van der Waals surface area contributed by atoms with Gasteiger partial charge in [0.2, 0.25) is 0 Å². The summed E-state index contributed by atoms with van der Waals surface area (Å²) in [6.45, 7) is 2.53. The molecule has 2 aromatic rings. The van der Waals surface area contributed by atoms with Crippen molar-refractivity contribution in [3.8, 4) is 5.75 Å². The number of morpholine rings is 1. The number of anilines is 1. The molecule has 0 radical (unpaired) electrons. The van der Waals surface area contributed by atoms with Crippen LogP contribution in [-0.2, 0) is 20.9 Å². The Morgan fingerprint density at radius 1 is 1.11 bits per heavy atom. The van der Waals surface area contributed by atoms with E-state index in [4.69, 9.17) is 14.2 Å². The molecule has 0 aliphatic carbocycles. The molecule has 2 amide bonds. The zero-order valence-electron chi connectivity index (χ0n) is 15.8. The molecule has 1 aliphatic rings. The first kappa shape index (κ1) is 19.9. The lowest BCUT2D eigenvalue weighted by atomic mass is 10.1. The van der Waals surface area contributed by atoms with Crippen molar-refractivity contribution in [1.82, 2.24) is 4.90 Å². The predicted molar refractivity (Wildman–Crippen MR) is 104 cm³/mol. The van der Waals surface area contributed by atoms with E-state index in [2.05, 4.69) is 5.32 Å². The zero-order valence-corrected chi connectivity index (χ0v) is 15.8. The summed E-state index contributed by atoms with van der Waals surface area (Å²) >= 11 is 0. The minimum atomic E-state index is -0.302. The van der Waals surface area contributed by atoms with Crippen LogP contribution < -0.4 is 10.1 Å². The molecule has 0 spiro atoms. The number of hydrogen-bond acceptors (Lipinski definition) is 5.